The molecule has 2 aromatic heterocycles. The second-order valence-corrected chi connectivity index (χ2v) is 4.43. The first-order valence-electron chi connectivity index (χ1n) is 3.45. The maximum atomic E-state index is 8.68. The number of aromatic nitrogens is 2. The summed E-state index contributed by atoms with van der Waals surface area (Å²) in [5.74, 6) is 0. The van der Waals surface area contributed by atoms with Crippen LogP contribution < -0.4 is 0 Å². The Balaban J connectivity index is 2.86. The Morgan fingerprint density at radius 3 is 3.00 bits per heavy atom. The molecule has 2 aromatic rings. The summed E-state index contributed by atoms with van der Waals surface area (Å²) < 4.78 is 3.76. The van der Waals surface area contributed by atoms with Crippen LogP contribution in [-0.4, -0.2) is 9.61 Å². The van der Waals surface area contributed by atoms with Gasteiger partial charge in [0.2, 0.25) is 0 Å². The summed E-state index contributed by atoms with van der Waals surface area (Å²) >= 11 is 5.60. The first-order valence-corrected chi connectivity index (χ1v) is 5.32. The summed E-state index contributed by atoms with van der Waals surface area (Å²) in [6.45, 7) is 0. The highest BCUT2D eigenvalue weighted by Crippen LogP contribution is 2.23. The van der Waals surface area contributed by atoms with Gasteiger partial charge >= 0.3 is 0 Å². The van der Waals surface area contributed by atoms with E-state index in [0.29, 0.717) is 5.56 Å². The van der Waals surface area contributed by atoms with Crippen molar-refractivity contribution in [3.8, 4) is 6.07 Å². The van der Waals surface area contributed by atoms with Crippen LogP contribution in [0.15, 0.2) is 22.8 Å². The fraction of sp³-hybridized carbons (Fsp3) is 0. The lowest BCUT2D eigenvalue weighted by Gasteiger charge is -1.94. The van der Waals surface area contributed by atoms with E-state index >= 15 is 0 Å². The third-order valence-corrected chi connectivity index (χ3v) is 3.06. The van der Waals surface area contributed by atoms with Crippen molar-refractivity contribution < 1.29 is 0 Å². The molecule has 0 aliphatic heterocycles. The minimum absolute atomic E-state index is 0.572. The van der Waals surface area contributed by atoms with E-state index in [0.717, 1.165) is 13.7 Å². The van der Waals surface area contributed by atoms with Crippen molar-refractivity contribution in [3.05, 3.63) is 32.1 Å². The molecule has 0 bridgehead atoms. The standard InChI is InChI=1S/C8H3BrIN3/c9-6-2-8(10)13-7(6)1-5(3-11)4-12-13/h1-2,4H. The van der Waals surface area contributed by atoms with E-state index in [4.69, 9.17) is 5.26 Å². The zero-order valence-electron chi connectivity index (χ0n) is 6.33. The lowest BCUT2D eigenvalue weighted by atomic mass is 10.3. The van der Waals surface area contributed by atoms with Gasteiger partial charge in [-0.25, -0.2) is 4.52 Å². The van der Waals surface area contributed by atoms with Crippen LogP contribution in [-0.2, 0) is 0 Å². The van der Waals surface area contributed by atoms with Crippen LogP contribution in [0.3, 0.4) is 0 Å². The topological polar surface area (TPSA) is 41.1 Å². The predicted molar refractivity (Wildman–Crippen MR) is 60.3 cm³/mol. The molecule has 0 amide bonds. The Kier molecular flexibility index (Phi) is 2.26. The Labute approximate surface area is 96.6 Å². The number of nitrogens with zero attached hydrogens (tertiary/aromatic N) is 3. The molecular formula is C8H3BrIN3. The zero-order valence-corrected chi connectivity index (χ0v) is 10.1. The van der Waals surface area contributed by atoms with Crippen molar-refractivity contribution >= 4 is 44.0 Å². The first kappa shape index (κ1) is 8.97. The maximum absolute atomic E-state index is 8.68. The number of rotatable bonds is 0. The third kappa shape index (κ3) is 1.44. The Morgan fingerprint density at radius 2 is 2.31 bits per heavy atom. The lowest BCUT2D eigenvalue weighted by Crippen LogP contribution is -1.93. The molecule has 13 heavy (non-hydrogen) atoms. The first-order chi connectivity index (χ1) is 6.22. The molecule has 0 N–H and O–H groups in total. The van der Waals surface area contributed by atoms with Gasteiger partial charge in [-0.3, -0.25) is 0 Å². The summed E-state index contributed by atoms with van der Waals surface area (Å²) in [6, 6.07) is 5.82. The van der Waals surface area contributed by atoms with E-state index in [-0.39, 0.29) is 0 Å². The summed E-state index contributed by atoms with van der Waals surface area (Å²) in [6.07, 6.45) is 1.56. The van der Waals surface area contributed by atoms with Gasteiger partial charge in [-0.15, -0.1) is 0 Å². The number of hydrogen-bond acceptors (Lipinski definition) is 2. The number of nitriles is 1. The molecule has 0 spiro atoms. The highest BCUT2D eigenvalue weighted by molar-refractivity contribution is 14.1. The van der Waals surface area contributed by atoms with Gasteiger partial charge in [-0.05, 0) is 50.7 Å². The predicted octanol–water partition coefficient (Wildman–Crippen LogP) is 2.57. The van der Waals surface area contributed by atoms with Gasteiger partial charge in [0.1, 0.15) is 9.77 Å². The minimum Gasteiger partial charge on any atom is -0.226 e. The van der Waals surface area contributed by atoms with Crippen LogP contribution in [0.4, 0.5) is 0 Å². The molecule has 0 saturated carbocycles. The molecule has 2 rings (SSSR count). The number of fused-ring (bicyclic) bond motifs is 1. The molecular weight excluding hydrogens is 345 g/mol. The smallest absolute Gasteiger partial charge is 0.104 e. The van der Waals surface area contributed by atoms with E-state index < -0.39 is 0 Å². The summed E-state index contributed by atoms with van der Waals surface area (Å²) in [5, 5.41) is 12.8. The van der Waals surface area contributed by atoms with Crippen LogP contribution in [0, 0.1) is 15.0 Å². The second-order valence-electron chi connectivity index (χ2n) is 2.47. The van der Waals surface area contributed by atoms with E-state index in [2.05, 4.69) is 49.7 Å². The Hall–Kier alpha value is -0.610. The van der Waals surface area contributed by atoms with Crippen LogP contribution in [0.5, 0.6) is 0 Å². The van der Waals surface area contributed by atoms with Gasteiger partial charge in [0.05, 0.1) is 17.3 Å². The summed E-state index contributed by atoms with van der Waals surface area (Å²) in [5.41, 5.74) is 1.49. The zero-order chi connectivity index (χ0) is 9.42. The molecule has 0 aliphatic rings. The van der Waals surface area contributed by atoms with Gasteiger partial charge in [-0.1, -0.05) is 0 Å². The molecule has 5 heteroatoms. The van der Waals surface area contributed by atoms with Crippen molar-refractivity contribution in [2.45, 2.75) is 0 Å². The highest BCUT2D eigenvalue weighted by Gasteiger charge is 2.05. The van der Waals surface area contributed by atoms with E-state index in [1.807, 2.05) is 6.07 Å². The largest absolute Gasteiger partial charge is 0.226 e. The third-order valence-electron chi connectivity index (χ3n) is 1.65. The molecule has 0 aromatic carbocycles. The molecule has 0 saturated heterocycles. The molecule has 0 unspecified atom stereocenters. The Bertz CT molecular complexity index is 512. The van der Waals surface area contributed by atoms with Gasteiger partial charge in [0.15, 0.2) is 0 Å². The second kappa shape index (κ2) is 3.27. The molecule has 3 nitrogen and oxygen atoms in total. The minimum atomic E-state index is 0.572. The van der Waals surface area contributed by atoms with Crippen LogP contribution in [0.2, 0.25) is 0 Å². The highest BCUT2D eigenvalue weighted by atomic mass is 127. The van der Waals surface area contributed by atoms with Crippen molar-refractivity contribution in [2.24, 2.45) is 0 Å². The van der Waals surface area contributed by atoms with E-state index in [9.17, 15) is 0 Å². The van der Waals surface area contributed by atoms with Gasteiger partial charge in [-0.2, -0.15) is 10.4 Å². The van der Waals surface area contributed by atoms with Crippen LogP contribution in [0.1, 0.15) is 5.56 Å². The van der Waals surface area contributed by atoms with E-state index in [1.54, 1.807) is 16.8 Å². The number of hydrogen-bond donors (Lipinski definition) is 0. The average Bonchev–Trinajstić information content (AvgIpc) is 2.42. The number of halogens is 2. The van der Waals surface area contributed by atoms with E-state index in [1.165, 1.54) is 0 Å². The summed E-state index contributed by atoms with van der Waals surface area (Å²) in [4.78, 5) is 0. The molecule has 0 radical (unpaired) electrons. The van der Waals surface area contributed by atoms with Gasteiger partial charge in [0.25, 0.3) is 0 Å². The molecule has 0 fully saturated rings. The quantitative estimate of drug-likeness (QED) is 0.687. The monoisotopic (exact) mass is 347 g/mol. The van der Waals surface area contributed by atoms with Crippen LogP contribution >= 0.6 is 38.5 Å². The lowest BCUT2D eigenvalue weighted by molar-refractivity contribution is 0.913. The SMILES string of the molecule is N#Cc1cnn2c(I)cc(Br)c2c1. The fourth-order valence-corrected chi connectivity index (χ4v) is 2.69. The normalized spacial score (nSPS) is 10.2. The average molecular weight is 348 g/mol. The van der Waals surface area contributed by atoms with Crippen LogP contribution in [0.25, 0.3) is 5.52 Å². The van der Waals surface area contributed by atoms with Crippen molar-refractivity contribution in [1.82, 2.24) is 9.61 Å². The molecule has 0 atom stereocenters. The van der Waals surface area contributed by atoms with Crippen molar-refractivity contribution in [2.75, 3.05) is 0 Å². The molecule has 64 valence electrons. The van der Waals surface area contributed by atoms with Gasteiger partial charge < -0.3 is 0 Å². The summed E-state index contributed by atoms with van der Waals surface area (Å²) in [7, 11) is 0. The molecule has 2 heterocycles. The van der Waals surface area contributed by atoms with Crippen molar-refractivity contribution in [1.29, 1.82) is 5.26 Å². The molecule has 0 aliphatic carbocycles. The maximum Gasteiger partial charge on any atom is 0.104 e. The van der Waals surface area contributed by atoms with Gasteiger partial charge in [0, 0.05) is 4.47 Å². The Morgan fingerprint density at radius 1 is 1.54 bits per heavy atom. The fourth-order valence-electron chi connectivity index (χ4n) is 1.07. The van der Waals surface area contributed by atoms with Crippen molar-refractivity contribution in [3.63, 3.8) is 0 Å².